The van der Waals surface area contributed by atoms with Crippen LogP contribution in [0.25, 0.3) is 0 Å². The Bertz CT molecular complexity index is 380. The number of carbonyl (C=O) groups excluding carboxylic acids is 1. The van der Waals surface area contributed by atoms with Gasteiger partial charge in [0.05, 0.1) is 24.2 Å². The summed E-state index contributed by atoms with van der Waals surface area (Å²) in [4.78, 5) is 12.2. The van der Waals surface area contributed by atoms with Crippen molar-refractivity contribution in [1.29, 1.82) is 0 Å². The molecule has 7 atom stereocenters. The topological polar surface area (TPSA) is 38.8 Å². The standard InChI is InChI=1S/C14H20O3/c1-7-3-4-9-8(5-7)11-12(17-11)10-6-16-13(15)14(9,10)2/h7-12H,3-6H2,1-2H3. The molecule has 2 saturated carbocycles. The van der Waals surface area contributed by atoms with Gasteiger partial charge in [-0.3, -0.25) is 4.79 Å². The number of fused-ring (bicyclic) bond motifs is 6. The van der Waals surface area contributed by atoms with E-state index in [2.05, 4.69) is 13.8 Å². The Hall–Kier alpha value is -0.570. The highest BCUT2D eigenvalue weighted by molar-refractivity contribution is 5.80. The third-order valence-corrected chi connectivity index (χ3v) is 5.92. The lowest BCUT2D eigenvalue weighted by Gasteiger charge is -2.46. The van der Waals surface area contributed by atoms with Crippen molar-refractivity contribution in [2.75, 3.05) is 6.61 Å². The van der Waals surface area contributed by atoms with Gasteiger partial charge >= 0.3 is 5.97 Å². The van der Waals surface area contributed by atoms with Crippen molar-refractivity contribution in [3.05, 3.63) is 0 Å². The first-order valence-electron chi connectivity index (χ1n) is 6.95. The Balaban J connectivity index is 1.74. The summed E-state index contributed by atoms with van der Waals surface area (Å²) in [5.74, 6) is 2.27. The summed E-state index contributed by atoms with van der Waals surface area (Å²) >= 11 is 0. The molecule has 0 radical (unpaired) electrons. The van der Waals surface area contributed by atoms with Crippen LogP contribution >= 0.6 is 0 Å². The maximum absolute atomic E-state index is 12.2. The second-order valence-corrected chi connectivity index (χ2v) is 6.74. The fourth-order valence-corrected chi connectivity index (χ4v) is 4.84. The van der Waals surface area contributed by atoms with E-state index in [1.54, 1.807) is 0 Å². The molecule has 2 aliphatic heterocycles. The Labute approximate surface area is 102 Å². The zero-order valence-corrected chi connectivity index (χ0v) is 10.5. The van der Waals surface area contributed by atoms with E-state index in [0.717, 1.165) is 5.92 Å². The van der Waals surface area contributed by atoms with Crippen LogP contribution in [0, 0.1) is 29.1 Å². The first-order chi connectivity index (χ1) is 8.12. The molecule has 17 heavy (non-hydrogen) atoms. The molecule has 2 aliphatic carbocycles. The summed E-state index contributed by atoms with van der Waals surface area (Å²) < 4.78 is 11.2. The van der Waals surface area contributed by atoms with Gasteiger partial charge in [0, 0.05) is 5.92 Å². The Morgan fingerprint density at radius 3 is 2.88 bits per heavy atom. The van der Waals surface area contributed by atoms with Gasteiger partial charge in [0.1, 0.15) is 0 Å². The zero-order valence-electron chi connectivity index (χ0n) is 10.5. The molecule has 2 saturated heterocycles. The lowest BCUT2D eigenvalue weighted by molar-refractivity contribution is -0.151. The van der Waals surface area contributed by atoms with Crippen LogP contribution in [0.5, 0.6) is 0 Å². The molecule has 3 nitrogen and oxygen atoms in total. The molecule has 0 spiro atoms. The number of cyclic esters (lactones) is 1. The molecule has 0 aromatic heterocycles. The smallest absolute Gasteiger partial charge is 0.312 e. The van der Waals surface area contributed by atoms with E-state index in [1.807, 2.05) is 0 Å². The fourth-order valence-electron chi connectivity index (χ4n) is 4.84. The number of carbonyl (C=O) groups is 1. The van der Waals surface area contributed by atoms with Crippen molar-refractivity contribution in [2.45, 2.75) is 45.3 Å². The minimum atomic E-state index is -0.248. The van der Waals surface area contributed by atoms with Crippen LogP contribution in [-0.2, 0) is 14.3 Å². The molecular formula is C14H20O3. The molecular weight excluding hydrogens is 216 g/mol. The number of ether oxygens (including phenoxy) is 2. The third kappa shape index (κ3) is 1.14. The Morgan fingerprint density at radius 2 is 2.06 bits per heavy atom. The van der Waals surface area contributed by atoms with Crippen molar-refractivity contribution in [2.24, 2.45) is 29.1 Å². The number of hydrogen-bond donors (Lipinski definition) is 0. The second-order valence-electron chi connectivity index (χ2n) is 6.74. The first kappa shape index (κ1) is 10.4. The monoisotopic (exact) mass is 236 g/mol. The molecule has 4 aliphatic rings. The quantitative estimate of drug-likeness (QED) is 0.477. The molecule has 3 heteroatoms. The van der Waals surface area contributed by atoms with Crippen molar-refractivity contribution in [1.82, 2.24) is 0 Å². The van der Waals surface area contributed by atoms with Gasteiger partial charge < -0.3 is 9.47 Å². The van der Waals surface area contributed by atoms with Crippen molar-refractivity contribution in [3.63, 3.8) is 0 Å². The van der Waals surface area contributed by atoms with Crippen LogP contribution in [0.3, 0.4) is 0 Å². The van der Waals surface area contributed by atoms with Crippen molar-refractivity contribution >= 4 is 5.97 Å². The fraction of sp³-hybridized carbons (Fsp3) is 0.929. The highest BCUT2D eigenvalue weighted by atomic mass is 16.6. The molecule has 4 rings (SSSR count). The number of rotatable bonds is 0. The van der Waals surface area contributed by atoms with E-state index in [0.29, 0.717) is 36.6 Å². The van der Waals surface area contributed by atoms with Gasteiger partial charge in [-0.1, -0.05) is 13.3 Å². The van der Waals surface area contributed by atoms with Gasteiger partial charge in [-0.2, -0.15) is 0 Å². The molecule has 0 amide bonds. The van der Waals surface area contributed by atoms with Crippen LogP contribution in [-0.4, -0.2) is 24.8 Å². The van der Waals surface area contributed by atoms with Gasteiger partial charge in [-0.15, -0.1) is 0 Å². The highest BCUT2D eigenvalue weighted by Gasteiger charge is 2.70. The number of esters is 1. The van der Waals surface area contributed by atoms with Crippen LogP contribution in [0.4, 0.5) is 0 Å². The first-order valence-corrected chi connectivity index (χ1v) is 6.95. The zero-order chi connectivity index (χ0) is 11.8. The molecule has 94 valence electrons. The largest absolute Gasteiger partial charge is 0.465 e. The Kier molecular flexibility index (Phi) is 1.86. The Morgan fingerprint density at radius 1 is 1.24 bits per heavy atom. The maximum atomic E-state index is 12.2. The van der Waals surface area contributed by atoms with E-state index >= 15 is 0 Å². The van der Waals surface area contributed by atoms with E-state index in [9.17, 15) is 4.79 Å². The maximum Gasteiger partial charge on any atom is 0.312 e. The average molecular weight is 236 g/mol. The average Bonchev–Trinajstić information content (AvgIpc) is 3.02. The summed E-state index contributed by atoms with van der Waals surface area (Å²) in [5, 5.41) is 0. The molecule has 0 aromatic carbocycles. The predicted octanol–water partition coefficient (Wildman–Crippen LogP) is 2.00. The molecule has 7 unspecified atom stereocenters. The minimum Gasteiger partial charge on any atom is -0.465 e. The number of epoxide rings is 1. The van der Waals surface area contributed by atoms with Crippen molar-refractivity contribution in [3.8, 4) is 0 Å². The van der Waals surface area contributed by atoms with Gasteiger partial charge in [-0.05, 0) is 37.5 Å². The van der Waals surface area contributed by atoms with Crippen LogP contribution in [0.2, 0.25) is 0 Å². The summed E-state index contributed by atoms with van der Waals surface area (Å²) in [6, 6.07) is 0. The van der Waals surface area contributed by atoms with Crippen LogP contribution in [0.1, 0.15) is 33.1 Å². The van der Waals surface area contributed by atoms with Crippen molar-refractivity contribution < 1.29 is 14.3 Å². The lowest BCUT2D eigenvalue weighted by Crippen LogP contribution is -2.51. The summed E-state index contributed by atoms with van der Waals surface area (Å²) in [7, 11) is 0. The second kappa shape index (κ2) is 3.05. The van der Waals surface area contributed by atoms with Gasteiger partial charge in [-0.25, -0.2) is 0 Å². The van der Waals surface area contributed by atoms with E-state index in [-0.39, 0.29) is 11.4 Å². The SMILES string of the molecule is CC1CCC2C(C1)C1OC1C1COC(=O)C21C. The van der Waals surface area contributed by atoms with E-state index in [1.165, 1.54) is 19.3 Å². The third-order valence-electron chi connectivity index (χ3n) is 5.92. The van der Waals surface area contributed by atoms with E-state index < -0.39 is 0 Å². The molecule has 0 aromatic rings. The minimum absolute atomic E-state index is 0.0426. The summed E-state index contributed by atoms with van der Waals surface area (Å²) in [5.41, 5.74) is -0.248. The lowest BCUT2D eigenvalue weighted by atomic mass is 9.53. The van der Waals surface area contributed by atoms with Crippen LogP contribution < -0.4 is 0 Å². The normalized spacial score (nSPS) is 60.0. The van der Waals surface area contributed by atoms with Gasteiger partial charge in [0.25, 0.3) is 0 Å². The summed E-state index contributed by atoms with van der Waals surface area (Å²) in [6.45, 7) is 5.06. The highest BCUT2D eigenvalue weighted by Crippen LogP contribution is 2.63. The summed E-state index contributed by atoms with van der Waals surface area (Å²) in [6.07, 6.45) is 4.43. The number of hydrogen-bond acceptors (Lipinski definition) is 3. The molecule has 4 fully saturated rings. The van der Waals surface area contributed by atoms with Gasteiger partial charge in [0.2, 0.25) is 0 Å². The van der Waals surface area contributed by atoms with Crippen LogP contribution in [0.15, 0.2) is 0 Å². The molecule has 0 bridgehead atoms. The van der Waals surface area contributed by atoms with Gasteiger partial charge in [0.15, 0.2) is 0 Å². The molecule has 0 N–H and O–H groups in total. The molecule has 2 heterocycles. The predicted molar refractivity (Wildman–Crippen MR) is 61.2 cm³/mol. The van der Waals surface area contributed by atoms with E-state index in [4.69, 9.17) is 9.47 Å².